The number of terminal acetylenes is 1. The Morgan fingerprint density at radius 3 is 2.59 bits per heavy atom. The Labute approximate surface area is 102 Å². The van der Waals surface area contributed by atoms with Crippen LogP contribution in [0.5, 0.6) is 5.75 Å². The fourth-order valence-corrected chi connectivity index (χ4v) is 1.48. The highest BCUT2D eigenvalue weighted by Crippen LogP contribution is 2.14. The van der Waals surface area contributed by atoms with Gasteiger partial charge in [0.25, 0.3) is 0 Å². The minimum atomic E-state index is -0.467. The van der Waals surface area contributed by atoms with Gasteiger partial charge in [0.2, 0.25) is 0 Å². The number of ether oxygens (including phenoxy) is 1. The molecule has 0 N–H and O–H groups in total. The van der Waals surface area contributed by atoms with Crippen molar-refractivity contribution < 1.29 is 9.13 Å². The zero-order valence-corrected chi connectivity index (χ0v) is 10.3. The molecule has 0 aromatic heterocycles. The van der Waals surface area contributed by atoms with Crippen molar-refractivity contribution in [1.82, 2.24) is 4.90 Å². The molecule has 1 atom stereocenters. The van der Waals surface area contributed by atoms with Gasteiger partial charge in [-0.05, 0) is 31.0 Å². The molecule has 1 aromatic carbocycles. The lowest BCUT2D eigenvalue weighted by atomic mass is 10.1. The summed E-state index contributed by atoms with van der Waals surface area (Å²) in [6.45, 7) is 1.72. The first-order valence-corrected chi connectivity index (χ1v) is 5.64. The van der Waals surface area contributed by atoms with Crippen LogP contribution in [0.4, 0.5) is 4.39 Å². The molecule has 1 aromatic rings. The van der Waals surface area contributed by atoms with Crippen molar-refractivity contribution in [2.75, 3.05) is 20.3 Å². The lowest BCUT2D eigenvalue weighted by Crippen LogP contribution is -2.26. The van der Waals surface area contributed by atoms with E-state index in [4.69, 9.17) is 11.2 Å². The van der Waals surface area contributed by atoms with Crippen LogP contribution in [-0.4, -0.2) is 31.3 Å². The summed E-state index contributed by atoms with van der Waals surface area (Å²) in [5, 5.41) is 0. The Morgan fingerprint density at radius 2 is 2.06 bits per heavy atom. The van der Waals surface area contributed by atoms with Crippen LogP contribution in [0, 0.1) is 12.5 Å². The average molecular weight is 235 g/mol. The van der Waals surface area contributed by atoms with Crippen LogP contribution >= 0.6 is 0 Å². The number of hydrogen-bond donors (Lipinski definition) is 0. The van der Waals surface area contributed by atoms with Crippen molar-refractivity contribution >= 4 is 0 Å². The van der Waals surface area contributed by atoms with E-state index < -0.39 is 6.67 Å². The number of benzene rings is 1. The van der Waals surface area contributed by atoms with Crippen molar-refractivity contribution in [3.8, 4) is 18.2 Å². The molecule has 0 aliphatic heterocycles. The van der Waals surface area contributed by atoms with E-state index in [1.165, 1.54) is 5.56 Å². The molecule has 0 amide bonds. The third-order valence-corrected chi connectivity index (χ3v) is 2.67. The van der Waals surface area contributed by atoms with Crippen LogP contribution < -0.4 is 4.74 Å². The van der Waals surface area contributed by atoms with Gasteiger partial charge in [0.1, 0.15) is 19.0 Å². The molecule has 1 unspecified atom stereocenters. The first-order chi connectivity index (χ1) is 8.17. The van der Waals surface area contributed by atoms with E-state index in [0.717, 1.165) is 6.42 Å². The third kappa shape index (κ3) is 4.36. The summed E-state index contributed by atoms with van der Waals surface area (Å²) in [5.74, 6) is 0.698. The van der Waals surface area contributed by atoms with E-state index in [-0.39, 0.29) is 12.6 Å². The second-order valence-corrected chi connectivity index (χ2v) is 3.97. The van der Waals surface area contributed by atoms with Crippen molar-refractivity contribution in [2.45, 2.75) is 19.4 Å². The minimum Gasteiger partial charge on any atom is -0.491 e. The highest BCUT2D eigenvalue weighted by atomic mass is 19.1. The van der Waals surface area contributed by atoms with Gasteiger partial charge < -0.3 is 9.64 Å². The molecule has 3 heteroatoms. The third-order valence-electron chi connectivity index (χ3n) is 2.67. The van der Waals surface area contributed by atoms with Gasteiger partial charge in [0.15, 0.2) is 0 Å². The highest BCUT2D eigenvalue weighted by Gasteiger charge is 2.06. The van der Waals surface area contributed by atoms with Crippen LogP contribution in [0.15, 0.2) is 24.3 Å². The molecular formula is C14H18FNO. The van der Waals surface area contributed by atoms with Gasteiger partial charge in [-0.25, -0.2) is 4.39 Å². The maximum atomic E-state index is 11.9. The molecule has 0 heterocycles. The molecule has 0 spiro atoms. The quantitative estimate of drug-likeness (QED) is 0.555. The smallest absolute Gasteiger partial charge is 0.123 e. The maximum absolute atomic E-state index is 11.9. The molecule has 0 radical (unpaired) electrons. The number of likely N-dealkylation sites (N-methyl/N-ethyl adjacent to an activating group) is 1. The fraction of sp³-hybridized carbons (Fsp3) is 0.429. The van der Waals surface area contributed by atoms with Gasteiger partial charge in [-0.3, -0.25) is 0 Å². The molecule has 0 saturated heterocycles. The summed E-state index contributed by atoms with van der Waals surface area (Å²) in [4.78, 5) is 1.84. The summed E-state index contributed by atoms with van der Waals surface area (Å²) in [6.07, 6.45) is 6.21. The van der Waals surface area contributed by atoms with Crippen LogP contribution in [0.25, 0.3) is 0 Å². The summed E-state index contributed by atoms with van der Waals surface area (Å²) >= 11 is 0. The number of rotatable bonds is 6. The van der Waals surface area contributed by atoms with Crippen molar-refractivity contribution in [2.24, 2.45) is 0 Å². The fourth-order valence-electron chi connectivity index (χ4n) is 1.48. The van der Waals surface area contributed by atoms with E-state index in [9.17, 15) is 4.39 Å². The SMILES string of the molecule is C#CN(C)C(C)Cc1ccc(OCCF)cc1. The minimum absolute atomic E-state index is 0.107. The number of nitrogens with zero attached hydrogens (tertiary/aromatic N) is 1. The van der Waals surface area contributed by atoms with Gasteiger partial charge in [-0.15, -0.1) is 0 Å². The standard InChI is InChI=1S/C14H18FNO/c1-4-16(3)12(2)11-13-5-7-14(8-6-13)17-10-9-15/h1,5-8,12H,9-11H2,2-3H3. The van der Waals surface area contributed by atoms with Gasteiger partial charge >= 0.3 is 0 Å². The molecule has 92 valence electrons. The van der Waals surface area contributed by atoms with Crippen LogP contribution in [0.3, 0.4) is 0 Å². The van der Waals surface area contributed by atoms with Crippen LogP contribution in [0.1, 0.15) is 12.5 Å². The second-order valence-electron chi connectivity index (χ2n) is 3.97. The Hall–Kier alpha value is -1.69. The molecule has 0 saturated carbocycles. The lowest BCUT2D eigenvalue weighted by Gasteiger charge is -2.20. The summed E-state index contributed by atoms with van der Waals surface area (Å²) in [5.41, 5.74) is 1.19. The molecule has 0 fully saturated rings. The Balaban J connectivity index is 2.53. The molecule has 17 heavy (non-hydrogen) atoms. The average Bonchev–Trinajstić information content (AvgIpc) is 2.37. The lowest BCUT2D eigenvalue weighted by molar-refractivity contribution is 0.273. The van der Waals surface area contributed by atoms with Gasteiger partial charge in [-0.2, -0.15) is 0 Å². The molecule has 0 bridgehead atoms. The largest absolute Gasteiger partial charge is 0.491 e. The van der Waals surface area contributed by atoms with Crippen LogP contribution in [0.2, 0.25) is 0 Å². The molecule has 2 nitrogen and oxygen atoms in total. The monoisotopic (exact) mass is 235 g/mol. The van der Waals surface area contributed by atoms with E-state index in [0.29, 0.717) is 5.75 Å². The number of alkyl halides is 1. The van der Waals surface area contributed by atoms with E-state index in [2.05, 4.69) is 13.0 Å². The van der Waals surface area contributed by atoms with Crippen molar-refractivity contribution in [3.63, 3.8) is 0 Å². The van der Waals surface area contributed by atoms with Gasteiger partial charge in [0, 0.05) is 19.1 Å². The Kier molecular flexibility index (Phi) is 5.35. The zero-order chi connectivity index (χ0) is 12.7. The summed E-state index contributed by atoms with van der Waals surface area (Å²) in [7, 11) is 1.89. The number of halogens is 1. The molecule has 0 aliphatic rings. The van der Waals surface area contributed by atoms with Gasteiger partial charge in [0.05, 0.1) is 0 Å². The number of hydrogen-bond acceptors (Lipinski definition) is 2. The van der Waals surface area contributed by atoms with Crippen molar-refractivity contribution in [3.05, 3.63) is 29.8 Å². The summed E-state index contributed by atoms with van der Waals surface area (Å²) < 4.78 is 17.1. The van der Waals surface area contributed by atoms with E-state index >= 15 is 0 Å². The zero-order valence-electron chi connectivity index (χ0n) is 10.3. The second kappa shape index (κ2) is 6.80. The van der Waals surface area contributed by atoms with Crippen molar-refractivity contribution in [1.29, 1.82) is 0 Å². The van der Waals surface area contributed by atoms with E-state index in [1.807, 2.05) is 36.2 Å². The molecular weight excluding hydrogens is 217 g/mol. The molecule has 0 aliphatic carbocycles. The van der Waals surface area contributed by atoms with Crippen LogP contribution in [-0.2, 0) is 6.42 Å². The Bertz CT molecular complexity index is 369. The predicted octanol–water partition coefficient (Wildman–Crippen LogP) is 2.49. The first kappa shape index (κ1) is 13.4. The highest BCUT2D eigenvalue weighted by molar-refractivity contribution is 5.27. The predicted molar refractivity (Wildman–Crippen MR) is 67.7 cm³/mol. The van der Waals surface area contributed by atoms with Gasteiger partial charge in [-0.1, -0.05) is 18.6 Å². The maximum Gasteiger partial charge on any atom is 0.123 e. The first-order valence-electron chi connectivity index (χ1n) is 5.64. The Morgan fingerprint density at radius 1 is 1.41 bits per heavy atom. The van der Waals surface area contributed by atoms with E-state index in [1.54, 1.807) is 0 Å². The normalized spacial score (nSPS) is 11.6. The summed E-state index contributed by atoms with van der Waals surface area (Å²) in [6, 6.07) is 10.6. The molecule has 1 rings (SSSR count). The topological polar surface area (TPSA) is 12.5 Å².